The van der Waals surface area contributed by atoms with Crippen LogP contribution in [0.25, 0.3) is 0 Å². The van der Waals surface area contributed by atoms with Crippen LogP contribution in [0.1, 0.15) is 25.8 Å². The third-order valence-corrected chi connectivity index (χ3v) is 7.34. The Morgan fingerprint density at radius 1 is 1.03 bits per heavy atom. The SMILES string of the molecule is O=C(NCCNC1=NCCCN1)c1ccc(C(=O)NCC(NS(=O)(=O)c2ccccc2)C(=O)O)s1.[Cl-]. The van der Waals surface area contributed by atoms with Crippen LogP contribution in [0.4, 0.5) is 0 Å². The van der Waals surface area contributed by atoms with Crippen molar-refractivity contribution in [3.63, 3.8) is 0 Å². The van der Waals surface area contributed by atoms with Crippen molar-refractivity contribution in [1.29, 1.82) is 0 Å². The van der Waals surface area contributed by atoms with Gasteiger partial charge >= 0.3 is 5.97 Å². The number of thiophene rings is 1. The molecule has 3 rings (SSSR count). The standard InChI is InChI=1S/C21H26N6O6S2.ClH/c28-18(22-11-12-25-21-23-9-4-10-24-21)16-7-8-17(34-16)19(29)26-13-15(20(30)31)27-35(32,33)14-5-2-1-3-6-14;/h1-3,5-8,15,27H,4,9-13H2,(H,22,28)(H,26,29)(H,30,31)(H2,23,24,25);1H/p-1. The highest BCUT2D eigenvalue weighted by Gasteiger charge is 2.26. The summed E-state index contributed by atoms with van der Waals surface area (Å²) in [7, 11) is -4.09. The fraction of sp³-hybridized carbons (Fsp3) is 0.333. The summed E-state index contributed by atoms with van der Waals surface area (Å²) in [5.41, 5.74) is 0. The van der Waals surface area contributed by atoms with Crippen molar-refractivity contribution in [2.75, 3.05) is 32.7 Å². The minimum Gasteiger partial charge on any atom is -1.00 e. The Labute approximate surface area is 218 Å². The number of nitrogens with zero attached hydrogens (tertiary/aromatic N) is 1. The summed E-state index contributed by atoms with van der Waals surface area (Å²) in [4.78, 5) is 41.0. The largest absolute Gasteiger partial charge is 1.00 e. The summed E-state index contributed by atoms with van der Waals surface area (Å²) in [6, 6.07) is 8.66. The molecule has 12 nitrogen and oxygen atoms in total. The lowest BCUT2D eigenvalue weighted by Gasteiger charge is -2.16. The second-order valence-electron chi connectivity index (χ2n) is 7.39. The zero-order valence-electron chi connectivity index (χ0n) is 19.0. The van der Waals surface area contributed by atoms with Crippen molar-refractivity contribution in [3.05, 3.63) is 52.2 Å². The number of carboxylic acid groups (broad SMARTS) is 1. The highest BCUT2D eigenvalue weighted by molar-refractivity contribution is 7.89. The number of carboxylic acids is 1. The second kappa shape index (κ2) is 13.8. The number of amides is 2. The molecule has 1 unspecified atom stereocenters. The number of aliphatic imine (C=N–C) groups is 1. The quantitative estimate of drug-likeness (QED) is 0.155. The van der Waals surface area contributed by atoms with E-state index in [0.717, 1.165) is 30.8 Å². The summed E-state index contributed by atoms with van der Waals surface area (Å²) in [5.74, 6) is -1.72. The van der Waals surface area contributed by atoms with Gasteiger partial charge in [-0.15, -0.1) is 11.3 Å². The van der Waals surface area contributed by atoms with E-state index < -0.39 is 34.5 Å². The summed E-state index contributed by atoms with van der Waals surface area (Å²) in [6.45, 7) is 1.95. The highest BCUT2D eigenvalue weighted by Crippen LogP contribution is 2.16. The molecule has 1 atom stereocenters. The van der Waals surface area contributed by atoms with Crippen LogP contribution in [0.5, 0.6) is 0 Å². The van der Waals surface area contributed by atoms with Gasteiger partial charge in [0.2, 0.25) is 10.0 Å². The molecule has 2 aromatic rings. The van der Waals surface area contributed by atoms with Gasteiger partial charge in [-0.2, -0.15) is 4.72 Å². The van der Waals surface area contributed by atoms with Crippen LogP contribution in [-0.4, -0.2) is 76.0 Å². The Bertz CT molecular complexity index is 1190. The van der Waals surface area contributed by atoms with E-state index in [2.05, 4.69) is 31.0 Å². The third kappa shape index (κ3) is 8.48. The fourth-order valence-corrected chi connectivity index (χ4v) is 5.04. The van der Waals surface area contributed by atoms with Crippen molar-refractivity contribution in [2.24, 2.45) is 4.99 Å². The van der Waals surface area contributed by atoms with Crippen molar-refractivity contribution < 1.29 is 40.3 Å². The number of sulfonamides is 1. The summed E-state index contributed by atoms with van der Waals surface area (Å²) < 4.78 is 26.9. The van der Waals surface area contributed by atoms with E-state index in [-0.39, 0.29) is 28.1 Å². The van der Waals surface area contributed by atoms with Crippen molar-refractivity contribution >= 4 is 45.1 Å². The number of nitrogens with one attached hydrogen (secondary N) is 5. The lowest BCUT2D eigenvalue weighted by molar-refractivity contribution is -0.138. The Morgan fingerprint density at radius 3 is 2.31 bits per heavy atom. The van der Waals surface area contributed by atoms with E-state index in [4.69, 9.17) is 0 Å². The maximum absolute atomic E-state index is 12.4. The summed E-state index contributed by atoms with van der Waals surface area (Å²) >= 11 is 0.939. The lowest BCUT2D eigenvalue weighted by Crippen LogP contribution is -3.00. The number of halogens is 1. The third-order valence-electron chi connectivity index (χ3n) is 4.77. The Hall–Kier alpha value is -3.20. The zero-order valence-corrected chi connectivity index (χ0v) is 21.4. The van der Waals surface area contributed by atoms with Crippen LogP contribution in [0.3, 0.4) is 0 Å². The van der Waals surface area contributed by atoms with Gasteiger partial charge in [0.05, 0.1) is 14.6 Å². The average molecular weight is 558 g/mol. The van der Waals surface area contributed by atoms with Gasteiger partial charge in [-0.05, 0) is 30.7 Å². The van der Waals surface area contributed by atoms with E-state index in [9.17, 15) is 27.9 Å². The molecule has 6 N–H and O–H groups in total. The number of hydrogen-bond donors (Lipinski definition) is 6. The van der Waals surface area contributed by atoms with Gasteiger partial charge in [0.25, 0.3) is 11.8 Å². The molecular formula is C21H26ClN6O6S2-. The predicted molar refractivity (Wildman–Crippen MR) is 130 cm³/mol. The number of carbonyl (C=O) groups excluding carboxylic acids is 2. The minimum absolute atomic E-state index is 0. The Kier molecular flexibility index (Phi) is 11.1. The number of guanidine groups is 1. The Morgan fingerprint density at radius 2 is 1.69 bits per heavy atom. The molecule has 0 saturated carbocycles. The van der Waals surface area contributed by atoms with Crippen LogP contribution in [0.15, 0.2) is 52.4 Å². The number of rotatable bonds is 11. The first-order valence-corrected chi connectivity index (χ1v) is 13.0. The molecular weight excluding hydrogens is 532 g/mol. The van der Waals surface area contributed by atoms with E-state index in [1.54, 1.807) is 6.07 Å². The van der Waals surface area contributed by atoms with Gasteiger partial charge in [0, 0.05) is 32.7 Å². The number of hydrogen-bond acceptors (Lipinski definition) is 9. The first-order chi connectivity index (χ1) is 16.8. The molecule has 0 aliphatic carbocycles. The second-order valence-corrected chi connectivity index (χ2v) is 10.2. The molecule has 2 heterocycles. The minimum atomic E-state index is -4.09. The molecule has 1 aliphatic heterocycles. The topological polar surface area (TPSA) is 178 Å². The lowest BCUT2D eigenvalue weighted by atomic mass is 10.3. The molecule has 36 heavy (non-hydrogen) atoms. The molecule has 1 aliphatic rings. The van der Waals surface area contributed by atoms with Crippen molar-refractivity contribution in [3.8, 4) is 0 Å². The maximum Gasteiger partial charge on any atom is 0.323 e. The van der Waals surface area contributed by atoms with Gasteiger partial charge in [-0.25, -0.2) is 8.42 Å². The van der Waals surface area contributed by atoms with Crippen molar-refractivity contribution in [1.82, 2.24) is 26.0 Å². The highest BCUT2D eigenvalue weighted by atomic mass is 35.5. The van der Waals surface area contributed by atoms with E-state index in [1.165, 1.54) is 36.4 Å². The number of benzene rings is 1. The number of carbonyl (C=O) groups is 3. The van der Waals surface area contributed by atoms with Gasteiger partial charge in [0.1, 0.15) is 6.04 Å². The van der Waals surface area contributed by atoms with Crippen LogP contribution in [0, 0.1) is 0 Å². The first-order valence-electron chi connectivity index (χ1n) is 10.7. The van der Waals surface area contributed by atoms with Gasteiger partial charge < -0.3 is 38.8 Å². The van der Waals surface area contributed by atoms with Gasteiger partial charge in [-0.1, -0.05) is 18.2 Å². The molecule has 0 radical (unpaired) electrons. The predicted octanol–water partition coefficient (Wildman–Crippen LogP) is -3.42. The molecule has 15 heteroatoms. The summed E-state index contributed by atoms with van der Waals surface area (Å²) in [5, 5.41) is 20.7. The molecule has 1 aromatic carbocycles. The van der Waals surface area contributed by atoms with Gasteiger partial charge in [0.15, 0.2) is 5.96 Å². The van der Waals surface area contributed by atoms with Crippen LogP contribution >= 0.6 is 11.3 Å². The smallest absolute Gasteiger partial charge is 0.323 e. The van der Waals surface area contributed by atoms with Crippen LogP contribution in [0.2, 0.25) is 0 Å². The average Bonchev–Trinajstić information content (AvgIpc) is 3.36. The fourth-order valence-electron chi connectivity index (χ4n) is 2.99. The summed E-state index contributed by atoms with van der Waals surface area (Å²) in [6.07, 6.45) is 0.983. The molecule has 0 fully saturated rings. The molecule has 0 spiro atoms. The normalized spacial score (nSPS) is 13.8. The van der Waals surface area contributed by atoms with Gasteiger partial charge in [-0.3, -0.25) is 19.4 Å². The van der Waals surface area contributed by atoms with E-state index in [1.807, 2.05) is 0 Å². The number of aliphatic carboxylic acids is 1. The maximum atomic E-state index is 12.4. The molecule has 0 saturated heterocycles. The molecule has 0 bridgehead atoms. The van der Waals surface area contributed by atoms with Crippen LogP contribution < -0.4 is 38.4 Å². The first kappa shape index (κ1) is 29.0. The van der Waals surface area contributed by atoms with E-state index in [0.29, 0.717) is 23.9 Å². The molecule has 2 amide bonds. The monoisotopic (exact) mass is 557 g/mol. The van der Waals surface area contributed by atoms with Crippen LogP contribution in [-0.2, 0) is 14.8 Å². The zero-order chi connectivity index (χ0) is 25.3. The van der Waals surface area contributed by atoms with Crippen molar-refractivity contribution in [2.45, 2.75) is 17.4 Å². The molecule has 196 valence electrons. The molecule has 1 aromatic heterocycles. The Balaban J connectivity index is 0.00000456. The van der Waals surface area contributed by atoms with E-state index >= 15 is 0 Å².